The second-order valence-electron chi connectivity index (χ2n) is 9.13. The van der Waals surface area contributed by atoms with Gasteiger partial charge in [-0.25, -0.2) is 0 Å². The predicted octanol–water partition coefficient (Wildman–Crippen LogP) is 6.65. The summed E-state index contributed by atoms with van der Waals surface area (Å²) >= 11 is 12.3. The molecule has 6 nitrogen and oxygen atoms in total. The van der Waals surface area contributed by atoms with Gasteiger partial charge in [-0.1, -0.05) is 23.7 Å². The van der Waals surface area contributed by atoms with Crippen LogP contribution in [0.3, 0.4) is 0 Å². The van der Waals surface area contributed by atoms with Gasteiger partial charge >= 0.3 is 0 Å². The van der Waals surface area contributed by atoms with Crippen molar-refractivity contribution in [3.05, 3.63) is 100 Å². The van der Waals surface area contributed by atoms with Crippen LogP contribution >= 0.6 is 23.8 Å². The molecule has 3 heterocycles. The third-order valence-corrected chi connectivity index (χ3v) is 7.50. The molecule has 2 aromatic carbocycles. The Morgan fingerprint density at radius 3 is 2.46 bits per heavy atom. The Balaban J connectivity index is 1.72. The number of nitrogens with one attached hydrogen (secondary N) is 1. The molecular weight excluding hydrogens is 504 g/mol. The highest BCUT2D eigenvalue weighted by molar-refractivity contribution is 7.80. The minimum Gasteiger partial charge on any atom is -0.497 e. The van der Waals surface area contributed by atoms with Crippen molar-refractivity contribution in [3.63, 3.8) is 0 Å². The van der Waals surface area contributed by atoms with Gasteiger partial charge in [0.05, 0.1) is 37.7 Å². The highest BCUT2D eigenvalue weighted by Gasteiger charge is 2.43. The van der Waals surface area contributed by atoms with Gasteiger partial charge in [0.25, 0.3) is 0 Å². The molecular formula is C29H29ClN4O2S. The summed E-state index contributed by atoms with van der Waals surface area (Å²) in [6, 6.07) is 19.6. The molecule has 1 N–H and O–H groups in total. The maximum absolute atomic E-state index is 6.41. The lowest BCUT2D eigenvalue weighted by Crippen LogP contribution is -2.30. The lowest BCUT2D eigenvalue weighted by Gasteiger charge is -2.29. The predicted molar refractivity (Wildman–Crippen MR) is 152 cm³/mol. The second kappa shape index (κ2) is 10.1. The van der Waals surface area contributed by atoms with E-state index >= 15 is 0 Å². The Morgan fingerprint density at radius 2 is 1.76 bits per heavy atom. The maximum Gasteiger partial charge on any atom is 0.174 e. The number of hydrogen-bond acceptors (Lipinski definition) is 4. The van der Waals surface area contributed by atoms with E-state index in [4.69, 9.17) is 33.3 Å². The molecule has 1 aliphatic rings. The number of aromatic nitrogens is 2. The van der Waals surface area contributed by atoms with Crippen LogP contribution in [0.1, 0.15) is 40.3 Å². The molecule has 190 valence electrons. The fourth-order valence-corrected chi connectivity index (χ4v) is 5.70. The molecule has 2 aromatic heterocycles. The topological polar surface area (TPSA) is 51.5 Å². The van der Waals surface area contributed by atoms with Crippen molar-refractivity contribution in [2.24, 2.45) is 0 Å². The molecule has 0 radical (unpaired) electrons. The van der Waals surface area contributed by atoms with E-state index in [9.17, 15) is 0 Å². The van der Waals surface area contributed by atoms with E-state index in [2.05, 4.69) is 46.6 Å². The van der Waals surface area contributed by atoms with E-state index in [0.29, 0.717) is 21.6 Å². The van der Waals surface area contributed by atoms with Crippen LogP contribution in [0.15, 0.2) is 66.9 Å². The van der Waals surface area contributed by atoms with E-state index < -0.39 is 0 Å². The number of methoxy groups -OCH3 is 2. The molecule has 1 fully saturated rings. The van der Waals surface area contributed by atoms with E-state index in [1.54, 1.807) is 14.2 Å². The van der Waals surface area contributed by atoms with Crippen molar-refractivity contribution in [1.29, 1.82) is 0 Å². The van der Waals surface area contributed by atoms with Gasteiger partial charge in [-0.2, -0.15) is 0 Å². The van der Waals surface area contributed by atoms with Crippen LogP contribution in [0.25, 0.3) is 5.69 Å². The lowest BCUT2D eigenvalue weighted by molar-refractivity contribution is 0.394. The lowest BCUT2D eigenvalue weighted by atomic mass is 9.96. The van der Waals surface area contributed by atoms with Gasteiger partial charge in [-0.3, -0.25) is 4.98 Å². The van der Waals surface area contributed by atoms with E-state index in [1.807, 2.05) is 60.8 Å². The zero-order chi connectivity index (χ0) is 26.3. The zero-order valence-electron chi connectivity index (χ0n) is 21.4. The fraction of sp³-hybridized carbons (Fsp3) is 0.241. The number of aryl methyl sites for hydroxylation is 2. The molecule has 2 atom stereocenters. The summed E-state index contributed by atoms with van der Waals surface area (Å²) in [6.45, 7) is 6.36. The molecule has 0 saturated carbocycles. The number of halogens is 1. The second-order valence-corrected chi connectivity index (χ2v) is 9.95. The number of pyridine rings is 1. The first-order valence-electron chi connectivity index (χ1n) is 12.0. The average Bonchev–Trinajstić information content (AvgIpc) is 3.40. The van der Waals surface area contributed by atoms with Crippen LogP contribution < -0.4 is 19.7 Å². The van der Waals surface area contributed by atoms with Crippen molar-refractivity contribution in [1.82, 2.24) is 14.9 Å². The van der Waals surface area contributed by atoms with Gasteiger partial charge in [0.2, 0.25) is 0 Å². The van der Waals surface area contributed by atoms with Crippen LogP contribution in [0.5, 0.6) is 11.5 Å². The van der Waals surface area contributed by atoms with E-state index in [1.165, 1.54) is 0 Å². The molecule has 0 unspecified atom stereocenters. The molecule has 1 aliphatic heterocycles. The molecule has 0 bridgehead atoms. The highest BCUT2D eigenvalue weighted by atomic mass is 35.5. The number of nitrogens with zero attached hydrogens (tertiary/aromatic N) is 3. The summed E-state index contributed by atoms with van der Waals surface area (Å²) in [4.78, 5) is 6.82. The smallest absolute Gasteiger partial charge is 0.174 e. The average molecular weight is 533 g/mol. The van der Waals surface area contributed by atoms with Crippen LogP contribution in [0.4, 0.5) is 5.69 Å². The van der Waals surface area contributed by atoms with E-state index in [-0.39, 0.29) is 12.1 Å². The summed E-state index contributed by atoms with van der Waals surface area (Å²) in [7, 11) is 3.30. The van der Waals surface area contributed by atoms with Crippen LogP contribution in [-0.2, 0) is 0 Å². The molecule has 0 spiro atoms. The third kappa shape index (κ3) is 4.43. The van der Waals surface area contributed by atoms with Gasteiger partial charge in [0.15, 0.2) is 5.11 Å². The van der Waals surface area contributed by atoms with Crippen molar-refractivity contribution in [3.8, 4) is 17.2 Å². The number of rotatable bonds is 6. The van der Waals surface area contributed by atoms with Gasteiger partial charge < -0.3 is 24.3 Å². The largest absolute Gasteiger partial charge is 0.497 e. The first-order chi connectivity index (χ1) is 17.8. The Morgan fingerprint density at radius 1 is 0.946 bits per heavy atom. The number of thiocarbonyl (C=S) groups is 1. The highest BCUT2D eigenvalue weighted by Crippen LogP contribution is 2.47. The van der Waals surface area contributed by atoms with Crippen molar-refractivity contribution < 1.29 is 9.47 Å². The zero-order valence-corrected chi connectivity index (χ0v) is 23.0. The van der Waals surface area contributed by atoms with E-state index in [0.717, 1.165) is 39.6 Å². The van der Waals surface area contributed by atoms with Gasteiger partial charge in [-0.15, -0.1) is 0 Å². The first kappa shape index (κ1) is 25.1. The third-order valence-electron chi connectivity index (χ3n) is 6.95. The van der Waals surface area contributed by atoms with Crippen molar-refractivity contribution >= 4 is 34.6 Å². The minimum atomic E-state index is -0.177. The number of benzene rings is 2. The quantitative estimate of drug-likeness (QED) is 0.281. The van der Waals surface area contributed by atoms with Crippen LogP contribution in [0, 0.1) is 20.8 Å². The SMILES string of the molecule is COc1ccc(N2C(=S)N[C@H](c3ccccn3)[C@H]2c2cc(C)n(-c3cc(Cl)ccc3C)c2C)c(OC)c1. The Hall–Kier alpha value is -3.55. The van der Waals surface area contributed by atoms with Gasteiger partial charge in [0.1, 0.15) is 11.5 Å². The summed E-state index contributed by atoms with van der Waals surface area (Å²) in [6.07, 6.45) is 1.81. The van der Waals surface area contributed by atoms with Crippen LogP contribution in [0.2, 0.25) is 5.02 Å². The first-order valence-corrected chi connectivity index (χ1v) is 12.8. The normalized spacial score (nSPS) is 17.1. The monoisotopic (exact) mass is 532 g/mol. The van der Waals surface area contributed by atoms with Gasteiger partial charge in [0, 0.05) is 34.4 Å². The van der Waals surface area contributed by atoms with Crippen molar-refractivity contribution in [2.75, 3.05) is 19.1 Å². The molecule has 0 amide bonds. The summed E-state index contributed by atoms with van der Waals surface area (Å²) in [5.74, 6) is 1.39. The van der Waals surface area contributed by atoms with Gasteiger partial charge in [-0.05, 0) is 86.6 Å². The molecule has 8 heteroatoms. The molecule has 5 rings (SSSR count). The minimum absolute atomic E-state index is 0.171. The molecule has 37 heavy (non-hydrogen) atoms. The van der Waals surface area contributed by atoms with Crippen LogP contribution in [-0.4, -0.2) is 28.9 Å². The number of anilines is 1. The molecule has 4 aromatic rings. The molecule has 1 saturated heterocycles. The summed E-state index contributed by atoms with van der Waals surface area (Å²) in [5.41, 5.74) is 7.33. The number of hydrogen-bond donors (Lipinski definition) is 1. The summed E-state index contributed by atoms with van der Waals surface area (Å²) in [5, 5.41) is 4.85. The Labute approximate surface area is 227 Å². The summed E-state index contributed by atoms with van der Waals surface area (Å²) < 4.78 is 13.5. The fourth-order valence-electron chi connectivity index (χ4n) is 5.20. The maximum atomic E-state index is 6.41. The Kier molecular flexibility index (Phi) is 6.84. The molecule has 0 aliphatic carbocycles. The standard InChI is InChI=1S/C29H29ClN4O2S/c1-17-9-10-20(30)15-25(17)33-18(2)14-22(19(33)3)28-27(23-8-6-7-13-31-23)32-29(37)34(28)24-12-11-21(35-4)16-26(24)36-5/h6-16,27-28H,1-5H3,(H,32,37)/t27-,28-/m1/s1. The Bertz CT molecular complexity index is 1470. The number of ether oxygens (including phenoxy) is 2. The van der Waals surface area contributed by atoms with Crippen molar-refractivity contribution in [2.45, 2.75) is 32.9 Å².